The minimum absolute atomic E-state index is 0.0983. The van der Waals surface area contributed by atoms with Gasteiger partial charge in [0.15, 0.2) is 0 Å². The summed E-state index contributed by atoms with van der Waals surface area (Å²) in [6.45, 7) is 1.39. The van der Waals surface area contributed by atoms with Gasteiger partial charge in [-0.25, -0.2) is 0 Å². The highest BCUT2D eigenvalue weighted by molar-refractivity contribution is 6.06. The van der Waals surface area contributed by atoms with Crippen molar-refractivity contribution in [3.8, 4) is 0 Å². The van der Waals surface area contributed by atoms with Gasteiger partial charge >= 0.3 is 0 Å². The maximum Gasteiger partial charge on any atom is 0.256 e. The van der Waals surface area contributed by atoms with Crippen molar-refractivity contribution in [2.75, 3.05) is 26.7 Å². The molecule has 1 atom stereocenters. The Morgan fingerprint density at radius 1 is 0.857 bits per heavy atom. The molecule has 1 aliphatic rings. The number of amides is 2. The minimum atomic E-state index is -0.494. The number of carbonyl (C=O) groups is 2. The zero-order chi connectivity index (χ0) is 24.2. The van der Waals surface area contributed by atoms with Gasteiger partial charge in [-0.2, -0.15) is 0 Å². The van der Waals surface area contributed by atoms with Crippen molar-refractivity contribution in [2.45, 2.75) is 12.1 Å². The predicted molar refractivity (Wildman–Crippen MR) is 137 cm³/mol. The monoisotopic (exact) mass is 464 g/mol. The van der Waals surface area contributed by atoms with Crippen LogP contribution in [0.5, 0.6) is 0 Å². The number of aromatic nitrogens is 1. The Morgan fingerprint density at radius 2 is 1.49 bits per heavy atom. The molecule has 6 nitrogen and oxygen atoms in total. The molecule has 0 aliphatic carbocycles. The van der Waals surface area contributed by atoms with E-state index in [0.29, 0.717) is 25.2 Å². The van der Waals surface area contributed by atoms with Gasteiger partial charge < -0.3 is 10.2 Å². The van der Waals surface area contributed by atoms with Crippen molar-refractivity contribution in [3.63, 3.8) is 0 Å². The van der Waals surface area contributed by atoms with E-state index in [4.69, 9.17) is 0 Å². The molecule has 1 aromatic heterocycles. The molecular weight excluding hydrogens is 436 g/mol. The molecule has 1 saturated heterocycles. The van der Waals surface area contributed by atoms with Crippen LogP contribution in [0, 0.1) is 0 Å². The molecule has 0 radical (unpaired) electrons. The molecule has 2 heterocycles. The lowest BCUT2D eigenvalue weighted by atomic mass is 9.94. The van der Waals surface area contributed by atoms with Gasteiger partial charge in [-0.05, 0) is 16.5 Å². The summed E-state index contributed by atoms with van der Waals surface area (Å²) >= 11 is 0. The van der Waals surface area contributed by atoms with E-state index in [1.165, 1.54) is 0 Å². The van der Waals surface area contributed by atoms with E-state index >= 15 is 0 Å². The van der Waals surface area contributed by atoms with Crippen molar-refractivity contribution in [1.82, 2.24) is 20.1 Å². The number of piperazine rings is 1. The van der Waals surface area contributed by atoms with E-state index in [2.05, 4.69) is 39.5 Å². The van der Waals surface area contributed by atoms with Gasteiger partial charge in [-0.3, -0.25) is 19.5 Å². The van der Waals surface area contributed by atoms with Crippen molar-refractivity contribution in [3.05, 3.63) is 114 Å². The summed E-state index contributed by atoms with van der Waals surface area (Å²) in [5.41, 5.74) is 2.80. The highest BCUT2D eigenvalue weighted by Gasteiger charge is 2.39. The molecule has 2 amide bonds. The van der Waals surface area contributed by atoms with Gasteiger partial charge in [0, 0.05) is 44.5 Å². The van der Waals surface area contributed by atoms with E-state index in [1.807, 2.05) is 60.7 Å². The molecule has 6 heteroatoms. The molecule has 1 fully saturated rings. The van der Waals surface area contributed by atoms with Crippen LogP contribution in [-0.4, -0.2) is 59.3 Å². The molecule has 0 saturated carbocycles. The van der Waals surface area contributed by atoms with E-state index in [0.717, 1.165) is 21.9 Å². The van der Waals surface area contributed by atoms with E-state index in [9.17, 15) is 9.59 Å². The van der Waals surface area contributed by atoms with Gasteiger partial charge in [0.25, 0.3) is 5.91 Å². The third-order valence-electron chi connectivity index (χ3n) is 6.72. The first kappa shape index (κ1) is 22.7. The standard InChI is InChI=1S/C29H28N4O2/c1-30-28(34)26-20-32(29(35)25-19-31-18-23-14-8-9-15-24(23)25)16-17-33(26)27(21-10-4-2-5-11-21)22-12-6-3-7-13-22/h2-15,18-19,26-27H,16-17,20H2,1H3,(H,30,34). The maximum atomic E-state index is 13.6. The molecule has 5 rings (SSSR count). The summed E-state index contributed by atoms with van der Waals surface area (Å²) in [6.07, 6.45) is 3.39. The number of nitrogens with one attached hydrogen (secondary N) is 1. The Morgan fingerprint density at radius 3 is 2.14 bits per heavy atom. The average molecular weight is 465 g/mol. The zero-order valence-electron chi connectivity index (χ0n) is 19.7. The molecule has 0 spiro atoms. The second-order valence-corrected chi connectivity index (χ2v) is 8.75. The molecule has 3 aromatic carbocycles. The van der Waals surface area contributed by atoms with Crippen LogP contribution in [0.1, 0.15) is 27.5 Å². The van der Waals surface area contributed by atoms with E-state index in [-0.39, 0.29) is 17.9 Å². The van der Waals surface area contributed by atoms with Crippen LogP contribution >= 0.6 is 0 Å². The Hall–Kier alpha value is -4.03. The number of rotatable bonds is 5. The first-order valence-electron chi connectivity index (χ1n) is 11.9. The van der Waals surface area contributed by atoms with Crippen LogP contribution in [0.2, 0.25) is 0 Å². The summed E-state index contributed by atoms with van der Waals surface area (Å²) in [5, 5.41) is 4.62. The van der Waals surface area contributed by atoms with Crippen LogP contribution in [0.3, 0.4) is 0 Å². The highest BCUT2D eigenvalue weighted by Crippen LogP contribution is 2.32. The number of carbonyl (C=O) groups excluding carboxylic acids is 2. The van der Waals surface area contributed by atoms with Gasteiger partial charge in [-0.15, -0.1) is 0 Å². The van der Waals surface area contributed by atoms with Crippen LogP contribution in [-0.2, 0) is 4.79 Å². The molecule has 0 bridgehead atoms. The van der Waals surface area contributed by atoms with Gasteiger partial charge in [0.1, 0.15) is 6.04 Å². The van der Waals surface area contributed by atoms with Crippen LogP contribution in [0.25, 0.3) is 10.8 Å². The van der Waals surface area contributed by atoms with Gasteiger partial charge in [0.2, 0.25) is 5.91 Å². The summed E-state index contributed by atoms with van der Waals surface area (Å²) in [4.78, 5) is 35.1. The first-order valence-corrected chi connectivity index (χ1v) is 11.9. The minimum Gasteiger partial charge on any atom is -0.358 e. The van der Waals surface area contributed by atoms with Gasteiger partial charge in [-0.1, -0.05) is 84.9 Å². The van der Waals surface area contributed by atoms with Gasteiger partial charge in [0.05, 0.1) is 11.6 Å². The first-order chi connectivity index (χ1) is 17.2. The fourth-order valence-corrected chi connectivity index (χ4v) is 4.99. The summed E-state index contributed by atoms with van der Waals surface area (Å²) in [7, 11) is 1.65. The largest absolute Gasteiger partial charge is 0.358 e. The number of fused-ring (bicyclic) bond motifs is 1. The summed E-state index contributed by atoms with van der Waals surface area (Å²) < 4.78 is 0. The Bertz CT molecular complexity index is 1280. The predicted octanol–water partition coefficient (Wildman–Crippen LogP) is 3.90. The summed E-state index contributed by atoms with van der Waals surface area (Å²) in [6, 6.07) is 27.6. The lowest BCUT2D eigenvalue weighted by Gasteiger charge is -2.44. The summed E-state index contributed by atoms with van der Waals surface area (Å²) in [5.74, 6) is -0.200. The molecule has 4 aromatic rings. The van der Waals surface area contributed by atoms with Crippen molar-refractivity contribution < 1.29 is 9.59 Å². The molecule has 1 unspecified atom stereocenters. The van der Waals surface area contributed by atoms with E-state index in [1.54, 1.807) is 24.3 Å². The Labute approximate surface area is 205 Å². The smallest absolute Gasteiger partial charge is 0.256 e. The second kappa shape index (κ2) is 10.1. The number of benzene rings is 3. The molecule has 35 heavy (non-hydrogen) atoms. The highest BCUT2D eigenvalue weighted by atomic mass is 16.2. The molecular formula is C29H28N4O2. The number of hydrogen-bond donors (Lipinski definition) is 1. The lowest BCUT2D eigenvalue weighted by molar-refractivity contribution is -0.128. The lowest BCUT2D eigenvalue weighted by Crippen LogP contribution is -2.60. The Balaban J connectivity index is 1.49. The zero-order valence-corrected chi connectivity index (χ0v) is 19.7. The SMILES string of the molecule is CNC(=O)C1CN(C(=O)c2cncc3ccccc23)CCN1C(c1ccccc1)c1ccccc1. The number of pyridine rings is 1. The Kier molecular flexibility index (Phi) is 6.55. The fourth-order valence-electron chi connectivity index (χ4n) is 4.99. The van der Waals surface area contributed by atoms with Crippen molar-refractivity contribution in [1.29, 1.82) is 0 Å². The molecule has 1 N–H and O–H groups in total. The topological polar surface area (TPSA) is 65.5 Å². The van der Waals surface area contributed by atoms with Crippen LogP contribution in [0.4, 0.5) is 0 Å². The van der Waals surface area contributed by atoms with E-state index < -0.39 is 6.04 Å². The molecule has 1 aliphatic heterocycles. The number of hydrogen-bond acceptors (Lipinski definition) is 4. The number of nitrogens with zero attached hydrogens (tertiary/aromatic N) is 3. The van der Waals surface area contributed by atoms with Crippen molar-refractivity contribution >= 4 is 22.6 Å². The third kappa shape index (κ3) is 4.53. The van der Waals surface area contributed by atoms with Crippen LogP contribution < -0.4 is 5.32 Å². The number of likely N-dealkylation sites (N-methyl/N-ethyl adjacent to an activating group) is 1. The fraction of sp³-hybridized carbons (Fsp3) is 0.207. The normalized spacial score (nSPS) is 16.4. The van der Waals surface area contributed by atoms with Crippen LogP contribution in [0.15, 0.2) is 97.3 Å². The second-order valence-electron chi connectivity index (χ2n) is 8.75. The van der Waals surface area contributed by atoms with Crippen molar-refractivity contribution in [2.24, 2.45) is 0 Å². The molecule has 176 valence electrons. The maximum absolute atomic E-state index is 13.6. The quantitative estimate of drug-likeness (QED) is 0.487. The third-order valence-corrected chi connectivity index (χ3v) is 6.72. The average Bonchev–Trinajstić information content (AvgIpc) is 2.93.